The van der Waals surface area contributed by atoms with E-state index in [4.69, 9.17) is 8.94 Å². The quantitative estimate of drug-likeness (QED) is 0.738. The smallest absolute Gasteiger partial charge is 0.276 e. The summed E-state index contributed by atoms with van der Waals surface area (Å²) >= 11 is 0. The highest BCUT2D eigenvalue weighted by Crippen LogP contribution is 2.28. The second kappa shape index (κ2) is 5.96. The van der Waals surface area contributed by atoms with Crippen molar-refractivity contribution in [2.45, 2.75) is 25.8 Å². The number of aromatic nitrogens is 3. The Hall–Kier alpha value is -2.47. The van der Waals surface area contributed by atoms with Gasteiger partial charge in [0.05, 0.1) is 6.54 Å². The third-order valence-corrected chi connectivity index (χ3v) is 4.14. The highest BCUT2D eigenvalue weighted by Gasteiger charge is 2.28. The van der Waals surface area contributed by atoms with Gasteiger partial charge in [-0.2, -0.15) is 4.98 Å². The van der Waals surface area contributed by atoms with Crippen LogP contribution >= 0.6 is 0 Å². The summed E-state index contributed by atoms with van der Waals surface area (Å²) in [6, 6.07) is 9.69. The molecule has 3 aromatic rings. The monoisotopic (exact) mass is 310 g/mol. The van der Waals surface area contributed by atoms with Gasteiger partial charge in [-0.1, -0.05) is 11.2 Å². The van der Waals surface area contributed by atoms with Crippen LogP contribution in [0, 0.1) is 6.92 Å². The van der Waals surface area contributed by atoms with Gasteiger partial charge in [-0.15, -0.1) is 0 Å². The standard InChI is InChI=1S/C17H18N4O2/c1-12-5-6-14(22-12)11-21-9-7-13(10-21)16-19-17(23-20-16)15-4-2-3-8-18-15/h2-6,8,13H,7,9-11H2,1H3/t13-/m0/s1. The van der Waals surface area contributed by atoms with Crippen LogP contribution in [0.25, 0.3) is 11.6 Å². The molecule has 0 N–H and O–H groups in total. The van der Waals surface area contributed by atoms with E-state index in [9.17, 15) is 0 Å². The number of furan rings is 1. The van der Waals surface area contributed by atoms with Crippen LogP contribution in [0.4, 0.5) is 0 Å². The molecule has 1 fully saturated rings. The number of nitrogens with zero attached hydrogens (tertiary/aromatic N) is 4. The van der Waals surface area contributed by atoms with Crippen molar-refractivity contribution < 1.29 is 8.94 Å². The molecule has 0 bridgehead atoms. The summed E-state index contributed by atoms with van der Waals surface area (Å²) in [7, 11) is 0. The lowest BCUT2D eigenvalue weighted by Gasteiger charge is -2.12. The number of likely N-dealkylation sites (tertiary alicyclic amines) is 1. The summed E-state index contributed by atoms with van der Waals surface area (Å²) in [6.45, 7) is 4.73. The second-order valence-electron chi connectivity index (χ2n) is 5.91. The first kappa shape index (κ1) is 14.1. The van der Waals surface area contributed by atoms with Crippen LogP contribution in [-0.4, -0.2) is 33.1 Å². The lowest BCUT2D eigenvalue weighted by molar-refractivity contribution is 0.290. The van der Waals surface area contributed by atoms with E-state index in [-0.39, 0.29) is 0 Å². The Morgan fingerprint density at radius 2 is 2.22 bits per heavy atom. The zero-order valence-electron chi connectivity index (χ0n) is 13.0. The number of hydrogen-bond acceptors (Lipinski definition) is 6. The van der Waals surface area contributed by atoms with Crippen molar-refractivity contribution in [3.8, 4) is 11.6 Å². The summed E-state index contributed by atoms with van der Waals surface area (Å²) in [5, 5.41) is 4.14. The molecule has 0 spiro atoms. The fraction of sp³-hybridized carbons (Fsp3) is 0.353. The maximum atomic E-state index is 5.65. The van der Waals surface area contributed by atoms with Gasteiger partial charge in [0.1, 0.15) is 17.2 Å². The molecular formula is C17H18N4O2. The van der Waals surface area contributed by atoms with E-state index in [2.05, 4.69) is 20.0 Å². The van der Waals surface area contributed by atoms with Gasteiger partial charge in [-0.3, -0.25) is 9.88 Å². The largest absolute Gasteiger partial charge is 0.465 e. The van der Waals surface area contributed by atoms with Gasteiger partial charge in [0.2, 0.25) is 0 Å². The minimum absolute atomic E-state index is 0.298. The molecule has 0 saturated carbocycles. The third-order valence-electron chi connectivity index (χ3n) is 4.14. The molecule has 23 heavy (non-hydrogen) atoms. The zero-order valence-corrected chi connectivity index (χ0v) is 13.0. The summed E-state index contributed by atoms with van der Waals surface area (Å²) < 4.78 is 11.0. The van der Waals surface area contributed by atoms with Crippen molar-refractivity contribution in [1.29, 1.82) is 0 Å². The fourth-order valence-corrected chi connectivity index (χ4v) is 2.97. The van der Waals surface area contributed by atoms with Gasteiger partial charge in [-0.25, -0.2) is 0 Å². The first-order valence-electron chi connectivity index (χ1n) is 7.80. The molecule has 6 nitrogen and oxygen atoms in total. The van der Waals surface area contributed by atoms with Gasteiger partial charge in [-0.05, 0) is 44.2 Å². The SMILES string of the molecule is Cc1ccc(CN2CC[C@H](c3noc(-c4ccccn4)n3)C2)o1. The van der Waals surface area contributed by atoms with E-state index in [1.54, 1.807) is 6.20 Å². The van der Waals surface area contributed by atoms with Crippen LogP contribution in [0.2, 0.25) is 0 Å². The minimum atomic E-state index is 0.298. The van der Waals surface area contributed by atoms with Gasteiger partial charge in [0.15, 0.2) is 5.82 Å². The first-order chi connectivity index (χ1) is 11.3. The van der Waals surface area contributed by atoms with E-state index in [0.29, 0.717) is 17.5 Å². The van der Waals surface area contributed by atoms with E-state index in [1.165, 1.54) is 0 Å². The van der Waals surface area contributed by atoms with E-state index < -0.39 is 0 Å². The average molecular weight is 310 g/mol. The molecular weight excluding hydrogens is 292 g/mol. The van der Waals surface area contributed by atoms with E-state index in [1.807, 2.05) is 37.3 Å². The second-order valence-corrected chi connectivity index (χ2v) is 5.91. The molecule has 0 unspecified atom stereocenters. The first-order valence-corrected chi connectivity index (χ1v) is 7.80. The van der Waals surface area contributed by atoms with E-state index >= 15 is 0 Å². The molecule has 1 atom stereocenters. The molecule has 4 rings (SSSR count). The summed E-state index contributed by atoms with van der Waals surface area (Å²) in [5.74, 6) is 3.51. The Labute approximate surface area is 134 Å². The third kappa shape index (κ3) is 3.03. The van der Waals surface area contributed by atoms with Gasteiger partial charge >= 0.3 is 0 Å². The fourth-order valence-electron chi connectivity index (χ4n) is 2.97. The predicted octanol–water partition coefficient (Wildman–Crippen LogP) is 3.02. The van der Waals surface area contributed by atoms with Crippen LogP contribution in [0.3, 0.4) is 0 Å². The molecule has 0 aromatic carbocycles. The van der Waals surface area contributed by atoms with Gasteiger partial charge < -0.3 is 8.94 Å². The molecule has 1 aliphatic heterocycles. The molecule has 6 heteroatoms. The Balaban J connectivity index is 1.43. The molecule has 118 valence electrons. The highest BCUT2D eigenvalue weighted by atomic mass is 16.5. The topological polar surface area (TPSA) is 68.2 Å². The molecule has 0 radical (unpaired) electrons. The number of rotatable bonds is 4. The molecule has 4 heterocycles. The van der Waals surface area contributed by atoms with Crippen LogP contribution in [-0.2, 0) is 6.54 Å². The van der Waals surface area contributed by atoms with Gasteiger partial charge in [0.25, 0.3) is 5.89 Å². The molecule has 1 aliphatic rings. The van der Waals surface area contributed by atoms with Crippen molar-refractivity contribution in [2.75, 3.05) is 13.1 Å². The Kier molecular flexibility index (Phi) is 3.67. The predicted molar refractivity (Wildman–Crippen MR) is 83.6 cm³/mol. The van der Waals surface area contributed by atoms with Crippen LogP contribution in [0.1, 0.15) is 29.7 Å². The summed E-state index contributed by atoms with van der Waals surface area (Å²) in [6.07, 6.45) is 2.75. The lowest BCUT2D eigenvalue weighted by Crippen LogP contribution is -2.19. The Bertz CT molecular complexity index is 781. The molecule has 3 aromatic heterocycles. The number of pyridine rings is 1. The van der Waals surface area contributed by atoms with Crippen molar-refractivity contribution >= 4 is 0 Å². The maximum absolute atomic E-state index is 5.65. The Morgan fingerprint density at radius 1 is 1.26 bits per heavy atom. The average Bonchev–Trinajstić information content (AvgIpc) is 3.29. The van der Waals surface area contributed by atoms with Crippen molar-refractivity contribution in [1.82, 2.24) is 20.0 Å². The van der Waals surface area contributed by atoms with Gasteiger partial charge in [0, 0.05) is 18.7 Å². The van der Waals surface area contributed by atoms with Crippen molar-refractivity contribution in [2.24, 2.45) is 0 Å². The van der Waals surface area contributed by atoms with Crippen LogP contribution in [0.15, 0.2) is 45.5 Å². The zero-order chi connectivity index (χ0) is 15.6. The molecule has 1 saturated heterocycles. The normalized spacial score (nSPS) is 18.6. The Morgan fingerprint density at radius 3 is 3.00 bits per heavy atom. The maximum Gasteiger partial charge on any atom is 0.276 e. The van der Waals surface area contributed by atoms with Crippen LogP contribution < -0.4 is 0 Å². The number of hydrogen-bond donors (Lipinski definition) is 0. The summed E-state index contributed by atoms with van der Waals surface area (Å²) in [4.78, 5) is 11.1. The number of aryl methyl sites for hydroxylation is 1. The summed E-state index contributed by atoms with van der Waals surface area (Å²) in [5.41, 5.74) is 0.715. The minimum Gasteiger partial charge on any atom is -0.465 e. The molecule has 0 aliphatic carbocycles. The lowest BCUT2D eigenvalue weighted by atomic mass is 10.1. The molecule has 0 amide bonds. The van der Waals surface area contributed by atoms with Crippen molar-refractivity contribution in [3.63, 3.8) is 0 Å². The van der Waals surface area contributed by atoms with E-state index in [0.717, 1.165) is 43.4 Å². The highest BCUT2D eigenvalue weighted by molar-refractivity contribution is 5.45. The van der Waals surface area contributed by atoms with Crippen molar-refractivity contribution in [3.05, 3.63) is 53.9 Å². The van der Waals surface area contributed by atoms with Crippen LogP contribution in [0.5, 0.6) is 0 Å².